The molecule has 1 heterocycles. The fourth-order valence-corrected chi connectivity index (χ4v) is 2.61. The van der Waals surface area contributed by atoms with Gasteiger partial charge < -0.3 is 10.2 Å². The molecule has 106 valence electrons. The van der Waals surface area contributed by atoms with Gasteiger partial charge >= 0.3 is 0 Å². The summed E-state index contributed by atoms with van der Waals surface area (Å²) >= 11 is 0. The van der Waals surface area contributed by atoms with Crippen LogP contribution < -0.4 is 5.32 Å². The fourth-order valence-electron chi connectivity index (χ4n) is 2.61. The SMILES string of the molecule is CN(CCC#N)C(=O)CN(CC1CCCN1)C1CC1. The average Bonchev–Trinajstić information content (AvgIpc) is 3.13. The minimum atomic E-state index is 0.139. The van der Waals surface area contributed by atoms with Crippen molar-refractivity contribution in [1.29, 1.82) is 5.26 Å². The summed E-state index contributed by atoms with van der Waals surface area (Å²) in [5.74, 6) is 0.139. The molecule has 2 fully saturated rings. The number of carbonyl (C=O) groups excluding carboxylic acids is 1. The van der Waals surface area contributed by atoms with Gasteiger partial charge in [-0.15, -0.1) is 0 Å². The summed E-state index contributed by atoms with van der Waals surface area (Å²) in [5.41, 5.74) is 0. The molecule has 0 aromatic rings. The molecule has 1 amide bonds. The lowest BCUT2D eigenvalue weighted by atomic mass is 10.2. The van der Waals surface area contributed by atoms with E-state index in [1.807, 2.05) is 0 Å². The largest absolute Gasteiger partial charge is 0.344 e. The third-order valence-corrected chi connectivity index (χ3v) is 4.00. The molecule has 1 atom stereocenters. The van der Waals surface area contributed by atoms with Gasteiger partial charge in [-0.3, -0.25) is 9.69 Å². The van der Waals surface area contributed by atoms with Gasteiger partial charge in [0.2, 0.25) is 5.91 Å². The number of likely N-dealkylation sites (N-methyl/N-ethyl adjacent to an activating group) is 1. The van der Waals surface area contributed by atoms with E-state index in [1.54, 1.807) is 11.9 Å². The van der Waals surface area contributed by atoms with Crippen LogP contribution in [-0.2, 0) is 4.79 Å². The molecule has 1 saturated heterocycles. The Morgan fingerprint density at radius 2 is 2.21 bits per heavy atom. The van der Waals surface area contributed by atoms with Crippen LogP contribution in [0.4, 0.5) is 0 Å². The number of hydrogen-bond acceptors (Lipinski definition) is 4. The summed E-state index contributed by atoms with van der Waals surface area (Å²) in [6.45, 7) is 3.14. The second-order valence-corrected chi connectivity index (χ2v) is 5.68. The highest BCUT2D eigenvalue weighted by Gasteiger charge is 2.32. The molecular weight excluding hydrogens is 240 g/mol. The van der Waals surface area contributed by atoms with Gasteiger partial charge in [0, 0.05) is 32.2 Å². The standard InChI is InChI=1S/C14H24N4O/c1-17(9-3-7-15)14(19)11-18(13-5-6-13)10-12-4-2-8-16-12/h12-13,16H,2-6,8-11H2,1H3. The van der Waals surface area contributed by atoms with Crippen LogP contribution >= 0.6 is 0 Å². The molecule has 0 aromatic carbocycles. The summed E-state index contributed by atoms with van der Waals surface area (Å²) < 4.78 is 0. The highest BCUT2D eigenvalue weighted by Crippen LogP contribution is 2.27. The van der Waals surface area contributed by atoms with Crippen molar-refractivity contribution < 1.29 is 4.79 Å². The van der Waals surface area contributed by atoms with Crippen LogP contribution in [-0.4, -0.2) is 61.0 Å². The minimum Gasteiger partial charge on any atom is -0.344 e. The first-order chi connectivity index (χ1) is 9.20. The third-order valence-electron chi connectivity index (χ3n) is 4.00. The highest BCUT2D eigenvalue weighted by atomic mass is 16.2. The predicted molar refractivity (Wildman–Crippen MR) is 73.5 cm³/mol. The molecule has 2 rings (SSSR count). The lowest BCUT2D eigenvalue weighted by Crippen LogP contribution is -2.44. The average molecular weight is 264 g/mol. The van der Waals surface area contributed by atoms with Crippen LogP contribution in [0.1, 0.15) is 32.1 Å². The number of nitrogens with zero attached hydrogens (tertiary/aromatic N) is 3. The van der Waals surface area contributed by atoms with E-state index in [9.17, 15) is 4.79 Å². The number of carbonyl (C=O) groups is 1. The van der Waals surface area contributed by atoms with E-state index in [0.29, 0.717) is 31.6 Å². The van der Waals surface area contributed by atoms with Crippen molar-refractivity contribution in [3.05, 3.63) is 0 Å². The van der Waals surface area contributed by atoms with Crippen LogP contribution in [0.15, 0.2) is 0 Å². The quantitative estimate of drug-likeness (QED) is 0.730. The minimum absolute atomic E-state index is 0.139. The van der Waals surface area contributed by atoms with Gasteiger partial charge in [0.25, 0.3) is 0 Å². The molecule has 1 N–H and O–H groups in total. The molecule has 5 nitrogen and oxygen atoms in total. The van der Waals surface area contributed by atoms with Gasteiger partial charge in [-0.2, -0.15) is 5.26 Å². The number of hydrogen-bond donors (Lipinski definition) is 1. The molecule has 0 aromatic heterocycles. The zero-order chi connectivity index (χ0) is 13.7. The highest BCUT2D eigenvalue weighted by molar-refractivity contribution is 5.78. The third kappa shape index (κ3) is 4.48. The normalized spacial score (nSPS) is 22.5. The van der Waals surface area contributed by atoms with Crippen molar-refractivity contribution in [2.24, 2.45) is 0 Å². The Morgan fingerprint density at radius 1 is 1.42 bits per heavy atom. The summed E-state index contributed by atoms with van der Waals surface area (Å²) in [7, 11) is 1.79. The van der Waals surface area contributed by atoms with Crippen molar-refractivity contribution in [3.8, 4) is 6.07 Å². The first-order valence-corrected chi connectivity index (χ1v) is 7.29. The predicted octanol–water partition coefficient (Wildman–Crippen LogP) is 0.575. The number of amides is 1. The molecule has 0 radical (unpaired) electrons. The Labute approximate surface area is 115 Å². The van der Waals surface area contributed by atoms with E-state index in [0.717, 1.165) is 13.1 Å². The lowest BCUT2D eigenvalue weighted by Gasteiger charge is -2.27. The summed E-state index contributed by atoms with van der Waals surface area (Å²) in [4.78, 5) is 16.1. The molecule has 19 heavy (non-hydrogen) atoms. The van der Waals surface area contributed by atoms with Gasteiger partial charge in [-0.25, -0.2) is 0 Å². The molecule has 2 aliphatic rings. The fraction of sp³-hybridized carbons (Fsp3) is 0.857. The van der Waals surface area contributed by atoms with E-state index in [2.05, 4.69) is 16.3 Å². The summed E-state index contributed by atoms with van der Waals surface area (Å²) in [6.07, 6.45) is 5.33. The molecular formula is C14H24N4O. The van der Waals surface area contributed by atoms with E-state index in [4.69, 9.17) is 5.26 Å². The Morgan fingerprint density at radius 3 is 2.79 bits per heavy atom. The first kappa shape index (κ1) is 14.3. The van der Waals surface area contributed by atoms with E-state index < -0.39 is 0 Å². The zero-order valence-electron chi connectivity index (χ0n) is 11.8. The van der Waals surface area contributed by atoms with Crippen LogP contribution in [0.25, 0.3) is 0 Å². The maximum atomic E-state index is 12.1. The van der Waals surface area contributed by atoms with Crippen molar-refractivity contribution in [3.63, 3.8) is 0 Å². The monoisotopic (exact) mass is 264 g/mol. The van der Waals surface area contributed by atoms with Gasteiger partial charge in [0.15, 0.2) is 0 Å². The molecule has 1 aliphatic heterocycles. The molecule has 0 spiro atoms. The first-order valence-electron chi connectivity index (χ1n) is 7.29. The summed E-state index contributed by atoms with van der Waals surface area (Å²) in [6, 6.07) is 3.24. The van der Waals surface area contributed by atoms with Crippen LogP contribution in [0.5, 0.6) is 0 Å². The molecule has 0 bridgehead atoms. The topological polar surface area (TPSA) is 59.4 Å². The van der Waals surface area contributed by atoms with Crippen LogP contribution in [0, 0.1) is 11.3 Å². The van der Waals surface area contributed by atoms with Crippen LogP contribution in [0.2, 0.25) is 0 Å². The van der Waals surface area contributed by atoms with Crippen molar-refractivity contribution in [2.45, 2.75) is 44.2 Å². The Hall–Kier alpha value is -1.12. The molecule has 1 saturated carbocycles. The van der Waals surface area contributed by atoms with Gasteiger partial charge in [0.1, 0.15) is 0 Å². The maximum absolute atomic E-state index is 12.1. The van der Waals surface area contributed by atoms with Gasteiger partial charge in [-0.05, 0) is 32.2 Å². The second-order valence-electron chi connectivity index (χ2n) is 5.68. The Bertz CT molecular complexity index is 342. The molecule has 1 aliphatic carbocycles. The number of nitrogens with one attached hydrogen (secondary N) is 1. The van der Waals surface area contributed by atoms with E-state index in [-0.39, 0.29) is 5.91 Å². The Kier molecular flexibility index (Phi) is 5.17. The second kappa shape index (κ2) is 6.88. The summed E-state index contributed by atoms with van der Waals surface area (Å²) in [5, 5.41) is 12.1. The van der Waals surface area contributed by atoms with Gasteiger partial charge in [-0.1, -0.05) is 0 Å². The van der Waals surface area contributed by atoms with Crippen molar-refractivity contribution in [2.75, 3.05) is 33.2 Å². The van der Waals surface area contributed by atoms with E-state index in [1.165, 1.54) is 25.7 Å². The molecule has 1 unspecified atom stereocenters. The van der Waals surface area contributed by atoms with Crippen LogP contribution in [0.3, 0.4) is 0 Å². The Balaban J connectivity index is 1.79. The smallest absolute Gasteiger partial charge is 0.236 e. The maximum Gasteiger partial charge on any atom is 0.236 e. The molecule has 5 heteroatoms. The van der Waals surface area contributed by atoms with Gasteiger partial charge in [0.05, 0.1) is 19.0 Å². The number of rotatable bonds is 7. The zero-order valence-corrected chi connectivity index (χ0v) is 11.8. The lowest BCUT2D eigenvalue weighted by molar-refractivity contribution is -0.131. The van der Waals surface area contributed by atoms with Crippen molar-refractivity contribution >= 4 is 5.91 Å². The van der Waals surface area contributed by atoms with E-state index >= 15 is 0 Å². The van der Waals surface area contributed by atoms with Crippen molar-refractivity contribution in [1.82, 2.24) is 15.1 Å². The number of nitriles is 1.